The molecule has 0 radical (unpaired) electrons. The first-order valence-electron chi connectivity index (χ1n) is 4.08. The Morgan fingerprint density at radius 2 is 2.15 bits per heavy atom. The summed E-state index contributed by atoms with van der Waals surface area (Å²) in [5, 5.41) is 0.692. The van der Waals surface area contributed by atoms with Crippen molar-refractivity contribution in [2.75, 3.05) is 0 Å². The third-order valence-corrected chi connectivity index (χ3v) is 2.18. The number of hydrogen-bond acceptors (Lipinski definition) is 1. The van der Waals surface area contributed by atoms with Crippen molar-refractivity contribution in [1.29, 1.82) is 0 Å². The quantitative estimate of drug-likeness (QED) is 0.521. The van der Waals surface area contributed by atoms with E-state index in [2.05, 4.69) is 0 Å². The third kappa shape index (κ3) is 2.43. The number of allylic oxidation sites excluding steroid dienone is 2. The van der Waals surface area contributed by atoms with Crippen molar-refractivity contribution < 1.29 is 4.79 Å². The normalized spacial score (nSPS) is 10.7. The van der Waals surface area contributed by atoms with Gasteiger partial charge in [-0.1, -0.05) is 17.7 Å². The molecule has 1 aromatic carbocycles. The Bertz CT molecular complexity index is 353. The molecule has 0 N–H and O–H groups in total. The van der Waals surface area contributed by atoms with E-state index in [1.807, 2.05) is 13.8 Å². The van der Waals surface area contributed by atoms with E-state index in [0.717, 1.165) is 5.56 Å². The standard InChI is InChI=1S/C11H11ClO/c1-3-4-11(13)9-5-6-10(12)8(2)7-9/h3-7H,1-2H3. The molecule has 0 aliphatic carbocycles. The van der Waals surface area contributed by atoms with Gasteiger partial charge in [-0.2, -0.15) is 0 Å². The average Bonchev–Trinajstić information content (AvgIpc) is 2.10. The minimum absolute atomic E-state index is 0.0160. The summed E-state index contributed by atoms with van der Waals surface area (Å²) in [6, 6.07) is 5.27. The van der Waals surface area contributed by atoms with Crippen LogP contribution in [0.3, 0.4) is 0 Å². The first-order chi connectivity index (χ1) is 6.15. The number of halogens is 1. The maximum atomic E-state index is 11.4. The van der Waals surface area contributed by atoms with Crippen molar-refractivity contribution >= 4 is 17.4 Å². The Hall–Kier alpha value is -1.08. The number of carbonyl (C=O) groups excluding carboxylic acids is 1. The van der Waals surface area contributed by atoms with Crippen molar-refractivity contribution in [3.63, 3.8) is 0 Å². The highest BCUT2D eigenvalue weighted by Gasteiger charge is 2.02. The van der Waals surface area contributed by atoms with Gasteiger partial charge in [0.15, 0.2) is 5.78 Å². The summed E-state index contributed by atoms with van der Waals surface area (Å²) in [5.41, 5.74) is 1.61. The van der Waals surface area contributed by atoms with Crippen LogP contribution in [0.5, 0.6) is 0 Å². The van der Waals surface area contributed by atoms with Gasteiger partial charge in [-0.25, -0.2) is 0 Å². The van der Waals surface area contributed by atoms with Crippen LogP contribution in [0.4, 0.5) is 0 Å². The van der Waals surface area contributed by atoms with Crippen LogP contribution in [0, 0.1) is 6.92 Å². The smallest absolute Gasteiger partial charge is 0.185 e. The van der Waals surface area contributed by atoms with Crippen LogP contribution in [-0.4, -0.2) is 5.78 Å². The van der Waals surface area contributed by atoms with E-state index in [9.17, 15) is 4.79 Å². The van der Waals surface area contributed by atoms with Gasteiger partial charge >= 0.3 is 0 Å². The van der Waals surface area contributed by atoms with Gasteiger partial charge < -0.3 is 0 Å². The zero-order valence-corrected chi connectivity index (χ0v) is 8.43. The van der Waals surface area contributed by atoms with Gasteiger partial charge in [-0.05, 0) is 43.7 Å². The summed E-state index contributed by atoms with van der Waals surface area (Å²) >= 11 is 5.83. The fourth-order valence-corrected chi connectivity index (χ4v) is 1.16. The van der Waals surface area contributed by atoms with E-state index in [0.29, 0.717) is 10.6 Å². The van der Waals surface area contributed by atoms with Crippen molar-refractivity contribution in [1.82, 2.24) is 0 Å². The topological polar surface area (TPSA) is 17.1 Å². The van der Waals surface area contributed by atoms with Gasteiger partial charge in [0.25, 0.3) is 0 Å². The van der Waals surface area contributed by atoms with Crippen LogP contribution in [-0.2, 0) is 0 Å². The molecule has 1 nitrogen and oxygen atoms in total. The summed E-state index contributed by atoms with van der Waals surface area (Å²) in [5.74, 6) is 0.0160. The highest BCUT2D eigenvalue weighted by Crippen LogP contribution is 2.16. The molecule has 0 heterocycles. The number of hydrogen-bond donors (Lipinski definition) is 0. The van der Waals surface area contributed by atoms with Gasteiger partial charge in [-0.3, -0.25) is 4.79 Å². The van der Waals surface area contributed by atoms with Crippen LogP contribution < -0.4 is 0 Å². The largest absolute Gasteiger partial charge is 0.289 e. The Balaban J connectivity index is 3.04. The molecule has 0 aliphatic rings. The Labute approximate surface area is 83.0 Å². The predicted octanol–water partition coefficient (Wildman–Crippen LogP) is 3.41. The van der Waals surface area contributed by atoms with Gasteiger partial charge in [0.2, 0.25) is 0 Å². The summed E-state index contributed by atoms with van der Waals surface area (Å²) in [4.78, 5) is 11.4. The van der Waals surface area contributed by atoms with E-state index in [4.69, 9.17) is 11.6 Å². The lowest BCUT2D eigenvalue weighted by Crippen LogP contribution is -1.94. The van der Waals surface area contributed by atoms with Gasteiger partial charge in [-0.15, -0.1) is 0 Å². The molecular weight excluding hydrogens is 184 g/mol. The molecule has 2 heteroatoms. The Morgan fingerprint density at radius 1 is 1.46 bits per heavy atom. The molecule has 0 unspecified atom stereocenters. The highest BCUT2D eigenvalue weighted by atomic mass is 35.5. The first-order valence-corrected chi connectivity index (χ1v) is 4.46. The van der Waals surface area contributed by atoms with Gasteiger partial charge in [0, 0.05) is 10.6 Å². The van der Waals surface area contributed by atoms with E-state index < -0.39 is 0 Å². The van der Waals surface area contributed by atoms with E-state index in [1.54, 1.807) is 30.4 Å². The average molecular weight is 195 g/mol. The molecule has 68 valence electrons. The number of aryl methyl sites for hydroxylation is 1. The number of carbonyl (C=O) groups is 1. The van der Waals surface area contributed by atoms with Crippen molar-refractivity contribution in [2.45, 2.75) is 13.8 Å². The number of benzene rings is 1. The minimum atomic E-state index is 0.0160. The zero-order chi connectivity index (χ0) is 9.84. The predicted molar refractivity (Wildman–Crippen MR) is 55.3 cm³/mol. The lowest BCUT2D eigenvalue weighted by atomic mass is 10.1. The molecule has 0 fully saturated rings. The van der Waals surface area contributed by atoms with E-state index >= 15 is 0 Å². The second-order valence-electron chi connectivity index (χ2n) is 2.83. The monoisotopic (exact) mass is 194 g/mol. The molecule has 0 saturated carbocycles. The minimum Gasteiger partial charge on any atom is -0.289 e. The second kappa shape index (κ2) is 4.24. The first kappa shape index (κ1) is 10.0. The van der Waals surface area contributed by atoms with Crippen LogP contribution in [0.15, 0.2) is 30.4 Å². The van der Waals surface area contributed by atoms with Crippen molar-refractivity contribution in [2.24, 2.45) is 0 Å². The number of ketones is 1. The maximum absolute atomic E-state index is 11.4. The molecule has 1 aromatic rings. The molecule has 0 spiro atoms. The maximum Gasteiger partial charge on any atom is 0.185 e. The molecule has 1 rings (SSSR count). The molecule has 0 saturated heterocycles. The Kier molecular flexibility index (Phi) is 3.26. The molecule has 0 atom stereocenters. The van der Waals surface area contributed by atoms with Crippen LogP contribution in [0.1, 0.15) is 22.8 Å². The van der Waals surface area contributed by atoms with Gasteiger partial charge in [0.1, 0.15) is 0 Å². The highest BCUT2D eigenvalue weighted by molar-refractivity contribution is 6.31. The van der Waals surface area contributed by atoms with Crippen molar-refractivity contribution in [3.05, 3.63) is 46.5 Å². The summed E-state index contributed by atoms with van der Waals surface area (Å²) in [6.45, 7) is 3.70. The van der Waals surface area contributed by atoms with E-state index in [-0.39, 0.29) is 5.78 Å². The fraction of sp³-hybridized carbons (Fsp3) is 0.182. The molecular formula is C11H11ClO. The summed E-state index contributed by atoms with van der Waals surface area (Å²) in [7, 11) is 0. The Morgan fingerprint density at radius 3 is 2.69 bits per heavy atom. The van der Waals surface area contributed by atoms with Crippen LogP contribution in [0.2, 0.25) is 5.02 Å². The summed E-state index contributed by atoms with van der Waals surface area (Å²) in [6.07, 6.45) is 3.27. The lowest BCUT2D eigenvalue weighted by Gasteiger charge is -1.99. The third-order valence-electron chi connectivity index (χ3n) is 1.76. The molecule has 0 aromatic heterocycles. The fourth-order valence-electron chi connectivity index (χ4n) is 1.05. The number of rotatable bonds is 2. The summed E-state index contributed by atoms with van der Waals surface area (Å²) < 4.78 is 0. The molecule has 13 heavy (non-hydrogen) atoms. The van der Waals surface area contributed by atoms with Crippen LogP contribution in [0.25, 0.3) is 0 Å². The van der Waals surface area contributed by atoms with Crippen molar-refractivity contribution in [3.8, 4) is 0 Å². The lowest BCUT2D eigenvalue weighted by molar-refractivity contribution is 0.104. The molecule has 0 bridgehead atoms. The zero-order valence-electron chi connectivity index (χ0n) is 7.67. The molecule has 0 amide bonds. The molecule has 0 aliphatic heterocycles. The van der Waals surface area contributed by atoms with Crippen LogP contribution >= 0.6 is 11.6 Å². The SMILES string of the molecule is CC=CC(=O)c1ccc(Cl)c(C)c1. The van der Waals surface area contributed by atoms with E-state index in [1.165, 1.54) is 0 Å². The van der Waals surface area contributed by atoms with Gasteiger partial charge in [0.05, 0.1) is 0 Å². The second-order valence-corrected chi connectivity index (χ2v) is 3.24.